The molecule has 5 heteroatoms. The van der Waals surface area contributed by atoms with Crippen LogP contribution in [0, 0.1) is 0 Å². The zero-order valence-electron chi connectivity index (χ0n) is 13.3. The predicted molar refractivity (Wildman–Crippen MR) is 85.4 cm³/mol. The highest BCUT2D eigenvalue weighted by Gasteiger charge is 2.34. The van der Waals surface area contributed by atoms with E-state index in [9.17, 15) is 0 Å². The summed E-state index contributed by atoms with van der Waals surface area (Å²) in [5.41, 5.74) is 1.14. The number of rotatable bonds is 4. The van der Waals surface area contributed by atoms with Gasteiger partial charge in [0.2, 0.25) is 0 Å². The van der Waals surface area contributed by atoms with Crippen molar-refractivity contribution in [3.05, 3.63) is 18.1 Å². The van der Waals surface area contributed by atoms with Gasteiger partial charge >= 0.3 is 0 Å². The molecule has 3 rings (SSSR count). The van der Waals surface area contributed by atoms with Gasteiger partial charge in [-0.05, 0) is 51.9 Å². The minimum Gasteiger partial charge on any atom is -0.372 e. The van der Waals surface area contributed by atoms with Gasteiger partial charge in [0.25, 0.3) is 0 Å². The first-order chi connectivity index (χ1) is 10.3. The summed E-state index contributed by atoms with van der Waals surface area (Å²) in [6.07, 6.45) is 8.83. The van der Waals surface area contributed by atoms with Crippen LogP contribution in [0.25, 0.3) is 0 Å². The number of likely N-dealkylation sites (tertiary alicyclic amines) is 2. The van der Waals surface area contributed by atoms with E-state index in [-0.39, 0.29) is 0 Å². The molecule has 1 N–H and O–H groups in total. The minimum atomic E-state index is 0.462. The molecule has 0 radical (unpaired) electrons. The first-order valence-electron chi connectivity index (χ1n) is 8.29. The molecule has 1 atom stereocenters. The first-order valence-corrected chi connectivity index (χ1v) is 8.29. The van der Waals surface area contributed by atoms with E-state index in [1.807, 2.05) is 13.2 Å². The van der Waals surface area contributed by atoms with Crippen molar-refractivity contribution in [2.24, 2.45) is 0 Å². The van der Waals surface area contributed by atoms with Crippen molar-refractivity contribution in [1.82, 2.24) is 19.8 Å². The van der Waals surface area contributed by atoms with Crippen molar-refractivity contribution in [2.75, 3.05) is 38.5 Å². The Morgan fingerprint density at radius 3 is 2.71 bits per heavy atom. The fraction of sp³-hybridized carbons (Fsp3) is 0.750. The number of anilines is 1. The van der Waals surface area contributed by atoms with Gasteiger partial charge in [-0.1, -0.05) is 6.92 Å². The Kier molecular flexibility index (Phi) is 4.70. The van der Waals surface area contributed by atoms with Gasteiger partial charge < -0.3 is 10.2 Å². The summed E-state index contributed by atoms with van der Waals surface area (Å²) in [5.74, 6) is 0.875. The molecule has 2 aliphatic heterocycles. The van der Waals surface area contributed by atoms with E-state index in [0.29, 0.717) is 6.04 Å². The van der Waals surface area contributed by atoms with Crippen molar-refractivity contribution in [1.29, 1.82) is 0 Å². The molecule has 0 spiro atoms. The van der Waals surface area contributed by atoms with E-state index in [1.165, 1.54) is 51.9 Å². The summed E-state index contributed by atoms with van der Waals surface area (Å²) in [4.78, 5) is 14.3. The second kappa shape index (κ2) is 6.71. The molecule has 0 aliphatic carbocycles. The van der Waals surface area contributed by atoms with Crippen LogP contribution in [0.1, 0.15) is 44.3 Å². The maximum atomic E-state index is 4.72. The van der Waals surface area contributed by atoms with Crippen LogP contribution in [-0.4, -0.2) is 59.0 Å². The summed E-state index contributed by atoms with van der Waals surface area (Å²) in [6, 6.07) is 1.18. The molecule has 0 aromatic carbocycles. The summed E-state index contributed by atoms with van der Waals surface area (Å²) in [7, 11) is 1.90. The van der Waals surface area contributed by atoms with Gasteiger partial charge in [-0.3, -0.25) is 9.88 Å². The zero-order valence-corrected chi connectivity index (χ0v) is 13.3. The Balaban J connectivity index is 1.70. The first kappa shape index (κ1) is 14.7. The summed E-state index contributed by atoms with van der Waals surface area (Å²) >= 11 is 0. The summed E-state index contributed by atoms with van der Waals surface area (Å²) < 4.78 is 0. The SMILES string of the molecule is CCN1CCC(N2CCC[C@@H]2c2cncc(NC)n2)CC1. The van der Waals surface area contributed by atoms with E-state index in [1.54, 1.807) is 6.20 Å². The molecule has 2 saturated heterocycles. The summed E-state index contributed by atoms with van der Waals surface area (Å²) in [6.45, 7) is 7.15. The molecule has 0 amide bonds. The van der Waals surface area contributed by atoms with Crippen LogP contribution >= 0.6 is 0 Å². The highest BCUT2D eigenvalue weighted by atomic mass is 15.2. The molecule has 5 nitrogen and oxygen atoms in total. The van der Waals surface area contributed by atoms with Gasteiger partial charge in [-0.25, -0.2) is 4.98 Å². The Labute approximate surface area is 127 Å². The molecule has 0 bridgehead atoms. The van der Waals surface area contributed by atoms with Crippen molar-refractivity contribution < 1.29 is 0 Å². The molecule has 0 unspecified atom stereocenters. The number of hydrogen-bond acceptors (Lipinski definition) is 5. The molecule has 1 aromatic heterocycles. The molecular weight excluding hydrogens is 262 g/mol. The summed E-state index contributed by atoms with van der Waals surface area (Å²) in [5, 5.41) is 3.10. The second-order valence-corrected chi connectivity index (χ2v) is 6.14. The van der Waals surface area contributed by atoms with Gasteiger partial charge in [0, 0.05) is 13.1 Å². The molecule has 0 saturated carbocycles. The van der Waals surface area contributed by atoms with E-state index in [2.05, 4.69) is 27.0 Å². The molecule has 2 aliphatic rings. The maximum absolute atomic E-state index is 4.72. The van der Waals surface area contributed by atoms with Crippen LogP contribution in [0.3, 0.4) is 0 Å². The fourth-order valence-corrected chi connectivity index (χ4v) is 3.77. The van der Waals surface area contributed by atoms with Crippen molar-refractivity contribution >= 4 is 5.82 Å². The third-order valence-corrected chi connectivity index (χ3v) is 5.02. The van der Waals surface area contributed by atoms with E-state index in [4.69, 9.17) is 4.98 Å². The predicted octanol–water partition coefficient (Wildman–Crippen LogP) is 2.14. The molecule has 1 aromatic rings. The molecule has 2 fully saturated rings. The Morgan fingerprint density at radius 1 is 1.19 bits per heavy atom. The van der Waals surface area contributed by atoms with Crippen molar-refractivity contribution in [3.63, 3.8) is 0 Å². The average Bonchev–Trinajstić information content (AvgIpc) is 3.04. The lowest BCUT2D eigenvalue weighted by molar-refractivity contribution is 0.0997. The van der Waals surface area contributed by atoms with Crippen LogP contribution < -0.4 is 5.32 Å². The monoisotopic (exact) mass is 289 g/mol. The molecule has 3 heterocycles. The van der Waals surface area contributed by atoms with Crippen molar-refractivity contribution in [2.45, 2.75) is 44.7 Å². The largest absolute Gasteiger partial charge is 0.372 e. The number of aromatic nitrogens is 2. The lowest BCUT2D eigenvalue weighted by atomic mass is 10.0. The Bertz CT molecular complexity index is 456. The standard InChI is InChI=1S/C16H27N5/c1-3-20-9-6-13(7-10-20)21-8-4-5-15(21)14-11-18-12-16(17-2)19-14/h11-13,15H,3-10H2,1-2H3,(H,17,19)/t15-/m1/s1. The Morgan fingerprint density at radius 2 is 2.00 bits per heavy atom. The van der Waals surface area contributed by atoms with E-state index >= 15 is 0 Å². The highest BCUT2D eigenvalue weighted by molar-refractivity contribution is 5.31. The van der Waals surface area contributed by atoms with E-state index < -0.39 is 0 Å². The normalized spacial score (nSPS) is 25.3. The number of piperidine rings is 1. The molecule has 21 heavy (non-hydrogen) atoms. The smallest absolute Gasteiger partial charge is 0.144 e. The quantitative estimate of drug-likeness (QED) is 0.920. The van der Waals surface area contributed by atoms with Crippen LogP contribution in [-0.2, 0) is 0 Å². The second-order valence-electron chi connectivity index (χ2n) is 6.14. The number of hydrogen-bond donors (Lipinski definition) is 1. The molecular formula is C16H27N5. The topological polar surface area (TPSA) is 44.3 Å². The van der Waals surface area contributed by atoms with Gasteiger partial charge in [0.1, 0.15) is 5.82 Å². The third kappa shape index (κ3) is 3.19. The van der Waals surface area contributed by atoms with Crippen LogP contribution in [0.2, 0.25) is 0 Å². The van der Waals surface area contributed by atoms with Gasteiger partial charge in [-0.15, -0.1) is 0 Å². The zero-order chi connectivity index (χ0) is 14.7. The highest BCUT2D eigenvalue weighted by Crippen LogP contribution is 2.35. The van der Waals surface area contributed by atoms with Crippen molar-refractivity contribution in [3.8, 4) is 0 Å². The third-order valence-electron chi connectivity index (χ3n) is 5.02. The van der Waals surface area contributed by atoms with E-state index in [0.717, 1.165) is 17.6 Å². The fourth-order valence-electron chi connectivity index (χ4n) is 3.77. The lowest BCUT2D eigenvalue weighted by Gasteiger charge is -2.38. The van der Waals surface area contributed by atoms with Crippen LogP contribution in [0.5, 0.6) is 0 Å². The number of nitrogens with one attached hydrogen (secondary N) is 1. The van der Waals surface area contributed by atoms with Gasteiger partial charge in [-0.2, -0.15) is 0 Å². The average molecular weight is 289 g/mol. The van der Waals surface area contributed by atoms with Crippen LogP contribution in [0.15, 0.2) is 12.4 Å². The minimum absolute atomic E-state index is 0.462. The van der Waals surface area contributed by atoms with Gasteiger partial charge in [0.15, 0.2) is 0 Å². The molecule has 116 valence electrons. The lowest BCUT2D eigenvalue weighted by Crippen LogP contribution is -2.44. The number of nitrogens with zero attached hydrogens (tertiary/aromatic N) is 4. The Hall–Kier alpha value is -1.20. The maximum Gasteiger partial charge on any atom is 0.144 e. The van der Waals surface area contributed by atoms with Gasteiger partial charge in [0.05, 0.1) is 24.1 Å². The van der Waals surface area contributed by atoms with Crippen LogP contribution in [0.4, 0.5) is 5.82 Å².